The van der Waals surface area contributed by atoms with Gasteiger partial charge in [0.05, 0.1) is 0 Å². The summed E-state index contributed by atoms with van der Waals surface area (Å²) in [6.07, 6.45) is 0.379. The van der Waals surface area contributed by atoms with E-state index in [1.54, 1.807) is 9.80 Å². The van der Waals surface area contributed by atoms with Crippen LogP contribution in [0.1, 0.15) is 39.7 Å². The Bertz CT molecular complexity index is 677. The number of ether oxygens (including phenoxy) is 2. The van der Waals surface area contributed by atoms with Crippen LogP contribution < -0.4 is 0 Å². The summed E-state index contributed by atoms with van der Waals surface area (Å²) >= 11 is 0. The first-order valence-corrected chi connectivity index (χ1v) is 9.62. The van der Waals surface area contributed by atoms with E-state index in [2.05, 4.69) is 6.92 Å². The Hall–Kier alpha value is -2.24. The van der Waals surface area contributed by atoms with Crippen LogP contribution >= 0.6 is 0 Å². The van der Waals surface area contributed by atoms with Gasteiger partial charge in [-0.25, -0.2) is 9.59 Å². The second kappa shape index (κ2) is 7.41. The van der Waals surface area contributed by atoms with Crippen LogP contribution in [-0.2, 0) is 16.1 Å². The molecule has 0 N–H and O–H groups in total. The molecule has 2 aliphatic rings. The zero-order valence-electron chi connectivity index (χ0n) is 16.7. The van der Waals surface area contributed by atoms with E-state index < -0.39 is 5.60 Å². The van der Waals surface area contributed by atoms with Crippen molar-refractivity contribution in [2.24, 2.45) is 11.3 Å². The minimum Gasteiger partial charge on any atom is -0.445 e. The number of nitrogens with zero attached hydrogens (tertiary/aromatic N) is 2. The minimum atomic E-state index is -0.481. The van der Waals surface area contributed by atoms with Gasteiger partial charge >= 0.3 is 12.2 Å². The maximum atomic E-state index is 12.3. The summed E-state index contributed by atoms with van der Waals surface area (Å²) in [4.78, 5) is 28.1. The lowest BCUT2D eigenvalue weighted by molar-refractivity contribution is -0.0793. The van der Waals surface area contributed by atoms with Crippen LogP contribution in [0.4, 0.5) is 9.59 Å². The monoisotopic (exact) mass is 374 g/mol. The van der Waals surface area contributed by atoms with Gasteiger partial charge in [0.2, 0.25) is 0 Å². The molecule has 6 nitrogen and oxygen atoms in total. The topological polar surface area (TPSA) is 59.1 Å². The normalized spacial score (nSPS) is 21.6. The van der Waals surface area contributed by atoms with Crippen LogP contribution in [0.2, 0.25) is 0 Å². The first-order valence-electron chi connectivity index (χ1n) is 9.62. The zero-order valence-corrected chi connectivity index (χ0v) is 16.7. The van der Waals surface area contributed by atoms with E-state index in [0.717, 1.165) is 12.0 Å². The van der Waals surface area contributed by atoms with Crippen LogP contribution in [0.15, 0.2) is 30.3 Å². The minimum absolute atomic E-state index is 0.0876. The van der Waals surface area contributed by atoms with Crippen molar-refractivity contribution in [1.29, 1.82) is 0 Å². The van der Waals surface area contributed by atoms with Gasteiger partial charge in [-0.05, 0) is 38.7 Å². The Morgan fingerprint density at radius 3 is 2.37 bits per heavy atom. The summed E-state index contributed by atoms with van der Waals surface area (Å²) in [7, 11) is 0. The van der Waals surface area contributed by atoms with Gasteiger partial charge in [0.1, 0.15) is 12.2 Å². The summed E-state index contributed by atoms with van der Waals surface area (Å²) in [5.74, 6) is 0.317. The molecule has 1 unspecified atom stereocenters. The predicted octanol–water partition coefficient (Wildman–Crippen LogP) is 3.90. The maximum Gasteiger partial charge on any atom is 0.410 e. The van der Waals surface area contributed by atoms with E-state index in [0.29, 0.717) is 38.7 Å². The molecule has 148 valence electrons. The third kappa shape index (κ3) is 4.54. The number of carbonyl (C=O) groups excluding carboxylic acids is 2. The van der Waals surface area contributed by atoms with Gasteiger partial charge < -0.3 is 19.3 Å². The molecule has 0 bridgehead atoms. The third-order valence-electron chi connectivity index (χ3n) is 5.55. The lowest BCUT2D eigenvalue weighted by Gasteiger charge is -2.56. The highest BCUT2D eigenvalue weighted by Crippen LogP contribution is 2.44. The van der Waals surface area contributed by atoms with E-state index in [1.165, 1.54) is 0 Å². The van der Waals surface area contributed by atoms with Crippen molar-refractivity contribution in [3.63, 3.8) is 0 Å². The number of likely N-dealkylation sites (tertiary alicyclic amines) is 2. The number of piperidine rings is 1. The molecule has 1 aromatic carbocycles. The van der Waals surface area contributed by atoms with E-state index >= 15 is 0 Å². The van der Waals surface area contributed by atoms with Crippen LogP contribution in [0.3, 0.4) is 0 Å². The quantitative estimate of drug-likeness (QED) is 0.788. The molecular weight excluding hydrogens is 344 g/mol. The molecule has 1 atom stereocenters. The smallest absolute Gasteiger partial charge is 0.410 e. The first kappa shape index (κ1) is 19.5. The first-order chi connectivity index (χ1) is 12.7. The maximum absolute atomic E-state index is 12.3. The highest BCUT2D eigenvalue weighted by atomic mass is 16.6. The molecule has 1 spiro atoms. The Kier molecular flexibility index (Phi) is 5.36. The summed E-state index contributed by atoms with van der Waals surface area (Å²) < 4.78 is 10.9. The zero-order chi connectivity index (χ0) is 19.7. The number of hydrogen-bond acceptors (Lipinski definition) is 4. The molecule has 0 radical (unpaired) electrons. The Morgan fingerprint density at radius 2 is 1.78 bits per heavy atom. The van der Waals surface area contributed by atoms with E-state index in [1.807, 2.05) is 51.1 Å². The molecular formula is C21H30N2O4. The lowest BCUT2D eigenvalue weighted by Crippen LogP contribution is -2.65. The largest absolute Gasteiger partial charge is 0.445 e. The van der Waals surface area contributed by atoms with E-state index in [4.69, 9.17) is 9.47 Å². The summed E-state index contributed by atoms with van der Waals surface area (Å²) in [5.41, 5.74) is 0.593. The summed E-state index contributed by atoms with van der Waals surface area (Å²) in [6.45, 7) is 10.8. The van der Waals surface area contributed by atoms with E-state index in [-0.39, 0.29) is 17.6 Å². The predicted molar refractivity (Wildman–Crippen MR) is 102 cm³/mol. The van der Waals surface area contributed by atoms with Gasteiger partial charge in [-0.2, -0.15) is 0 Å². The van der Waals surface area contributed by atoms with Crippen molar-refractivity contribution >= 4 is 12.2 Å². The number of amides is 2. The molecule has 3 rings (SSSR count). The standard InChI is InChI=1S/C21H30N2O4/c1-16-12-22(19(25)27-20(2,3)4)11-10-21(16)14-23(15-21)18(24)26-13-17-8-6-5-7-9-17/h5-9,16H,10-15H2,1-4H3. The van der Waals surface area contributed by atoms with Crippen LogP contribution in [0.5, 0.6) is 0 Å². The molecule has 2 heterocycles. The number of rotatable bonds is 2. The van der Waals surface area contributed by atoms with Crippen LogP contribution in [0.25, 0.3) is 0 Å². The molecule has 27 heavy (non-hydrogen) atoms. The van der Waals surface area contributed by atoms with Gasteiger partial charge in [-0.15, -0.1) is 0 Å². The Morgan fingerprint density at radius 1 is 1.11 bits per heavy atom. The number of carbonyl (C=O) groups is 2. The highest BCUT2D eigenvalue weighted by molar-refractivity contribution is 5.70. The molecule has 0 saturated carbocycles. The van der Waals surface area contributed by atoms with Gasteiger partial charge in [0, 0.05) is 31.6 Å². The average molecular weight is 374 g/mol. The van der Waals surface area contributed by atoms with Crippen molar-refractivity contribution in [3.8, 4) is 0 Å². The van der Waals surface area contributed by atoms with Gasteiger partial charge in [0.25, 0.3) is 0 Å². The molecule has 6 heteroatoms. The highest BCUT2D eigenvalue weighted by Gasteiger charge is 2.52. The van der Waals surface area contributed by atoms with Crippen molar-refractivity contribution < 1.29 is 19.1 Å². The van der Waals surface area contributed by atoms with Crippen LogP contribution in [0, 0.1) is 11.3 Å². The Labute approximate surface area is 161 Å². The third-order valence-corrected chi connectivity index (χ3v) is 5.55. The average Bonchev–Trinajstić information content (AvgIpc) is 2.57. The lowest BCUT2D eigenvalue weighted by atomic mass is 9.66. The molecule has 2 aliphatic heterocycles. The summed E-state index contributed by atoms with van der Waals surface area (Å²) in [6, 6.07) is 9.69. The fraction of sp³-hybridized carbons (Fsp3) is 0.619. The van der Waals surface area contributed by atoms with Crippen molar-refractivity contribution in [2.75, 3.05) is 26.2 Å². The fourth-order valence-electron chi connectivity index (χ4n) is 3.84. The van der Waals surface area contributed by atoms with Gasteiger partial charge in [-0.3, -0.25) is 0 Å². The second-order valence-corrected chi connectivity index (χ2v) is 8.84. The number of hydrogen-bond donors (Lipinski definition) is 0. The number of benzene rings is 1. The van der Waals surface area contributed by atoms with Crippen molar-refractivity contribution in [3.05, 3.63) is 35.9 Å². The SMILES string of the molecule is CC1CN(C(=O)OC(C)(C)C)CCC12CN(C(=O)OCc1ccccc1)C2. The molecule has 1 aromatic rings. The van der Waals surface area contributed by atoms with Gasteiger partial charge in [-0.1, -0.05) is 37.3 Å². The molecule has 0 aliphatic carbocycles. The molecule has 2 amide bonds. The van der Waals surface area contributed by atoms with Crippen molar-refractivity contribution in [1.82, 2.24) is 9.80 Å². The molecule has 2 saturated heterocycles. The summed E-state index contributed by atoms with van der Waals surface area (Å²) in [5, 5.41) is 0. The molecule has 2 fully saturated rings. The van der Waals surface area contributed by atoms with Crippen LogP contribution in [-0.4, -0.2) is 53.8 Å². The van der Waals surface area contributed by atoms with Crippen molar-refractivity contribution in [2.45, 2.75) is 46.3 Å². The van der Waals surface area contributed by atoms with Gasteiger partial charge in [0.15, 0.2) is 0 Å². The Balaban J connectivity index is 1.47. The van der Waals surface area contributed by atoms with E-state index in [9.17, 15) is 9.59 Å². The second-order valence-electron chi connectivity index (χ2n) is 8.84. The molecule has 0 aromatic heterocycles. The fourth-order valence-corrected chi connectivity index (χ4v) is 3.84.